The zero-order valence-electron chi connectivity index (χ0n) is 17.0. The molecule has 1 saturated heterocycles. The molecule has 1 aliphatic rings. The summed E-state index contributed by atoms with van der Waals surface area (Å²) < 4.78 is 18.1. The van der Waals surface area contributed by atoms with Crippen molar-refractivity contribution >= 4 is 39.9 Å². The maximum Gasteiger partial charge on any atom is 0.350 e. The molecule has 9 heteroatoms. The van der Waals surface area contributed by atoms with Crippen LogP contribution in [0.3, 0.4) is 0 Å². The fourth-order valence-corrected chi connectivity index (χ4v) is 4.52. The monoisotopic (exact) mass is 452 g/mol. The van der Waals surface area contributed by atoms with Crippen molar-refractivity contribution in [3.05, 3.63) is 87.7 Å². The zero-order valence-corrected chi connectivity index (χ0v) is 17.9. The van der Waals surface area contributed by atoms with Crippen molar-refractivity contribution in [1.29, 1.82) is 0 Å². The van der Waals surface area contributed by atoms with E-state index in [2.05, 4.69) is 4.98 Å². The lowest BCUT2D eigenvalue weighted by Crippen LogP contribution is -2.29. The lowest BCUT2D eigenvalue weighted by molar-refractivity contribution is -0.132. The SMILES string of the molecule is COC(=O)c1sc(N2C(=O)C(=O)/C(=C(/O)c3ccc(F)cc3)C2c2ccccc2)nc1C. The minimum atomic E-state index is -0.989. The fraction of sp³-hybridized carbons (Fsp3) is 0.130. The number of amides is 1. The number of methoxy groups -OCH3 is 1. The number of rotatable bonds is 4. The average Bonchev–Trinajstić information content (AvgIpc) is 3.31. The van der Waals surface area contributed by atoms with Crippen molar-refractivity contribution in [2.75, 3.05) is 12.0 Å². The first-order chi connectivity index (χ1) is 15.3. The maximum atomic E-state index is 13.4. The molecule has 1 fully saturated rings. The van der Waals surface area contributed by atoms with E-state index in [9.17, 15) is 23.9 Å². The molecule has 0 radical (unpaired) electrons. The molecular formula is C23H17FN2O5S. The van der Waals surface area contributed by atoms with Gasteiger partial charge in [0.05, 0.1) is 24.4 Å². The molecular weight excluding hydrogens is 435 g/mol. The largest absolute Gasteiger partial charge is 0.507 e. The van der Waals surface area contributed by atoms with Crippen molar-refractivity contribution in [2.24, 2.45) is 0 Å². The highest BCUT2D eigenvalue weighted by Gasteiger charge is 2.48. The maximum absolute atomic E-state index is 13.4. The van der Waals surface area contributed by atoms with Gasteiger partial charge in [-0.1, -0.05) is 41.7 Å². The second-order valence-electron chi connectivity index (χ2n) is 6.99. The van der Waals surface area contributed by atoms with Crippen LogP contribution in [0.1, 0.15) is 32.5 Å². The van der Waals surface area contributed by atoms with Gasteiger partial charge in [0.2, 0.25) is 0 Å². The van der Waals surface area contributed by atoms with Crippen molar-refractivity contribution in [3.63, 3.8) is 0 Å². The number of carbonyl (C=O) groups excluding carboxylic acids is 3. The first-order valence-corrected chi connectivity index (χ1v) is 10.3. The van der Waals surface area contributed by atoms with Gasteiger partial charge in [0, 0.05) is 5.56 Å². The Balaban J connectivity index is 1.92. The zero-order chi connectivity index (χ0) is 23.0. The molecule has 1 N–H and O–H groups in total. The number of hydrogen-bond acceptors (Lipinski definition) is 7. The van der Waals surface area contributed by atoms with E-state index < -0.39 is 35.3 Å². The third-order valence-electron chi connectivity index (χ3n) is 5.04. The number of ketones is 1. The van der Waals surface area contributed by atoms with E-state index in [1.54, 1.807) is 37.3 Å². The molecule has 2 aromatic carbocycles. The number of anilines is 1. The standard InChI is InChI=1S/C23H17FN2O5S/c1-12-20(22(30)31-2)32-23(25-12)26-17(13-6-4-3-5-7-13)16(19(28)21(26)29)18(27)14-8-10-15(24)11-9-14/h3-11,17,27H,1-2H3/b18-16+. The number of aliphatic hydroxyl groups is 1. The second kappa shape index (κ2) is 8.35. The molecule has 4 rings (SSSR count). The molecule has 3 aromatic rings. The molecule has 1 atom stereocenters. The minimum absolute atomic E-state index is 0.122. The molecule has 0 saturated carbocycles. The average molecular weight is 452 g/mol. The molecule has 1 aromatic heterocycles. The summed E-state index contributed by atoms with van der Waals surface area (Å²) in [5.74, 6) is -3.34. The van der Waals surface area contributed by atoms with Gasteiger partial charge in [0.1, 0.15) is 16.5 Å². The smallest absolute Gasteiger partial charge is 0.350 e. The van der Waals surface area contributed by atoms with E-state index in [1.807, 2.05) is 0 Å². The second-order valence-corrected chi connectivity index (χ2v) is 7.97. The van der Waals surface area contributed by atoms with Crippen molar-refractivity contribution < 1.29 is 28.6 Å². The Kier molecular flexibility index (Phi) is 5.58. The highest BCUT2D eigenvalue weighted by Crippen LogP contribution is 2.43. The number of thiazole rings is 1. The van der Waals surface area contributed by atoms with Gasteiger partial charge >= 0.3 is 11.9 Å². The van der Waals surface area contributed by atoms with Gasteiger partial charge in [0.15, 0.2) is 5.13 Å². The Morgan fingerprint density at radius 2 is 1.78 bits per heavy atom. The summed E-state index contributed by atoms with van der Waals surface area (Å²) in [5.41, 5.74) is 0.947. The Hall–Kier alpha value is -3.85. The van der Waals surface area contributed by atoms with Crippen molar-refractivity contribution in [3.8, 4) is 0 Å². The van der Waals surface area contributed by atoms with Crippen LogP contribution in [0.25, 0.3) is 5.76 Å². The number of esters is 1. The fourth-order valence-electron chi connectivity index (χ4n) is 3.51. The Morgan fingerprint density at radius 3 is 2.41 bits per heavy atom. The Labute approximate surface area is 186 Å². The number of halogens is 1. The van der Waals surface area contributed by atoms with Gasteiger partial charge in [-0.15, -0.1) is 0 Å². The summed E-state index contributed by atoms with van der Waals surface area (Å²) in [6.07, 6.45) is 0. The lowest BCUT2D eigenvalue weighted by atomic mass is 9.95. The Bertz CT molecular complexity index is 1250. The molecule has 32 heavy (non-hydrogen) atoms. The molecule has 1 amide bonds. The first-order valence-electron chi connectivity index (χ1n) is 9.51. The van der Waals surface area contributed by atoms with Crippen LogP contribution >= 0.6 is 11.3 Å². The van der Waals surface area contributed by atoms with Gasteiger partial charge in [-0.05, 0) is 36.8 Å². The van der Waals surface area contributed by atoms with Crippen LogP contribution in [-0.2, 0) is 14.3 Å². The molecule has 1 aliphatic heterocycles. The van der Waals surface area contributed by atoms with Crippen LogP contribution in [0.4, 0.5) is 9.52 Å². The number of aryl methyl sites for hydroxylation is 1. The van der Waals surface area contributed by atoms with Crippen LogP contribution in [-0.4, -0.2) is 34.9 Å². The van der Waals surface area contributed by atoms with Crippen LogP contribution in [0.5, 0.6) is 0 Å². The first kappa shape index (κ1) is 21.4. The summed E-state index contributed by atoms with van der Waals surface area (Å²) >= 11 is 0.919. The molecule has 1 unspecified atom stereocenters. The molecule has 0 bridgehead atoms. The van der Waals surface area contributed by atoms with Crippen molar-refractivity contribution in [2.45, 2.75) is 13.0 Å². The summed E-state index contributed by atoms with van der Waals surface area (Å²) in [4.78, 5) is 43.8. The number of carbonyl (C=O) groups is 3. The van der Waals surface area contributed by atoms with Gasteiger partial charge < -0.3 is 9.84 Å². The van der Waals surface area contributed by atoms with Gasteiger partial charge in [-0.25, -0.2) is 14.2 Å². The van der Waals surface area contributed by atoms with E-state index in [-0.39, 0.29) is 21.1 Å². The Morgan fingerprint density at radius 1 is 1.12 bits per heavy atom. The summed E-state index contributed by atoms with van der Waals surface area (Å²) in [5, 5.41) is 11.1. The van der Waals surface area contributed by atoms with E-state index >= 15 is 0 Å². The predicted octanol–water partition coefficient (Wildman–Crippen LogP) is 4.00. The summed E-state index contributed by atoms with van der Waals surface area (Å²) in [6, 6.07) is 12.6. The molecule has 0 aliphatic carbocycles. The quantitative estimate of drug-likeness (QED) is 0.278. The van der Waals surface area contributed by atoms with Gasteiger partial charge in [0.25, 0.3) is 5.78 Å². The number of aromatic nitrogens is 1. The molecule has 0 spiro atoms. The van der Waals surface area contributed by atoms with Crippen LogP contribution in [0.15, 0.2) is 60.2 Å². The number of hydrogen-bond donors (Lipinski definition) is 1. The van der Waals surface area contributed by atoms with Crippen LogP contribution in [0, 0.1) is 12.7 Å². The topological polar surface area (TPSA) is 96.8 Å². The number of aliphatic hydroxyl groups excluding tert-OH is 1. The normalized spacial score (nSPS) is 17.6. The van der Waals surface area contributed by atoms with E-state index in [0.29, 0.717) is 11.3 Å². The van der Waals surface area contributed by atoms with Crippen LogP contribution in [0.2, 0.25) is 0 Å². The molecule has 2 heterocycles. The lowest BCUT2D eigenvalue weighted by Gasteiger charge is -2.22. The third kappa shape index (κ3) is 3.56. The number of nitrogens with zero attached hydrogens (tertiary/aromatic N) is 2. The molecule has 162 valence electrons. The predicted molar refractivity (Wildman–Crippen MR) is 116 cm³/mol. The molecule has 7 nitrogen and oxygen atoms in total. The summed E-state index contributed by atoms with van der Waals surface area (Å²) in [7, 11) is 1.24. The number of ether oxygens (including phenoxy) is 1. The van der Waals surface area contributed by atoms with E-state index in [1.165, 1.54) is 19.2 Å². The van der Waals surface area contributed by atoms with E-state index in [0.717, 1.165) is 28.4 Å². The van der Waals surface area contributed by atoms with E-state index in [4.69, 9.17) is 4.74 Å². The van der Waals surface area contributed by atoms with Gasteiger partial charge in [-0.2, -0.15) is 0 Å². The number of Topliss-reactive ketones (excluding diaryl/α,β-unsaturated/α-hetero) is 1. The third-order valence-corrected chi connectivity index (χ3v) is 6.18. The van der Waals surface area contributed by atoms with Crippen molar-refractivity contribution in [1.82, 2.24) is 4.98 Å². The van der Waals surface area contributed by atoms with Gasteiger partial charge in [-0.3, -0.25) is 14.5 Å². The number of benzene rings is 2. The minimum Gasteiger partial charge on any atom is -0.507 e. The van der Waals surface area contributed by atoms with Crippen LogP contribution < -0.4 is 4.90 Å². The highest BCUT2D eigenvalue weighted by atomic mass is 32.1. The summed E-state index contributed by atoms with van der Waals surface area (Å²) in [6.45, 7) is 1.60. The highest BCUT2D eigenvalue weighted by molar-refractivity contribution is 7.17.